The van der Waals surface area contributed by atoms with Gasteiger partial charge in [-0.05, 0) is 17.5 Å². The number of aromatic hydroxyl groups is 1. The predicted molar refractivity (Wildman–Crippen MR) is 61.4 cm³/mol. The van der Waals surface area contributed by atoms with Gasteiger partial charge < -0.3 is 9.84 Å². The van der Waals surface area contributed by atoms with E-state index in [4.69, 9.17) is 9.88 Å². The molecule has 3 N–H and O–H groups in total. The van der Waals surface area contributed by atoms with Crippen molar-refractivity contribution in [2.24, 2.45) is 5.14 Å². The van der Waals surface area contributed by atoms with E-state index in [0.29, 0.717) is 15.8 Å². The summed E-state index contributed by atoms with van der Waals surface area (Å²) in [5.74, 6) is 0.268. The molecule has 0 aliphatic carbocycles. The van der Waals surface area contributed by atoms with E-state index in [-0.39, 0.29) is 9.96 Å². The summed E-state index contributed by atoms with van der Waals surface area (Å²) in [5.41, 5.74) is 0. The van der Waals surface area contributed by atoms with Gasteiger partial charge in [0.1, 0.15) is 4.21 Å². The third kappa shape index (κ3) is 1.84. The SMILES string of the molecule is COc1cc2cc(S(N)(=O)=O)sc2cc1O. The van der Waals surface area contributed by atoms with Crippen molar-refractivity contribution in [1.82, 2.24) is 0 Å². The van der Waals surface area contributed by atoms with Crippen LogP contribution in [0, 0.1) is 0 Å². The van der Waals surface area contributed by atoms with Crippen LogP contribution in [0.4, 0.5) is 0 Å². The zero-order valence-corrected chi connectivity index (χ0v) is 9.93. The smallest absolute Gasteiger partial charge is 0.247 e. The lowest BCUT2D eigenvalue weighted by Crippen LogP contribution is -2.09. The number of ether oxygens (including phenoxy) is 1. The Hall–Kier alpha value is -1.31. The maximum atomic E-state index is 11.1. The van der Waals surface area contributed by atoms with Gasteiger partial charge in [-0.25, -0.2) is 13.6 Å². The van der Waals surface area contributed by atoms with Crippen LogP contribution in [0.15, 0.2) is 22.4 Å². The number of phenolic OH excluding ortho intramolecular Hbond substituents is 1. The summed E-state index contributed by atoms with van der Waals surface area (Å²) in [4.78, 5) is 0. The van der Waals surface area contributed by atoms with Crippen LogP contribution in [-0.2, 0) is 10.0 Å². The number of phenols is 1. The first-order chi connectivity index (χ1) is 7.41. The first-order valence-electron chi connectivity index (χ1n) is 4.25. The van der Waals surface area contributed by atoms with E-state index in [9.17, 15) is 13.5 Å². The number of hydrogen-bond acceptors (Lipinski definition) is 5. The first-order valence-corrected chi connectivity index (χ1v) is 6.61. The number of fused-ring (bicyclic) bond motifs is 1. The molecule has 0 saturated carbocycles. The Morgan fingerprint density at radius 3 is 2.62 bits per heavy atom. The largest absolute Gasteiger partial charge is 0.504 e. The van der Waals surface area contributed by atoms with E-state index >= 15 is 0 Å². The molecule has 0 aliphatic rings. The van der Waals surface area contributed by atoms with E-state index in [0.717, 1.165) is 11.3 Å². The van der Waals surface area contributed by atoms with E-state index in [1.54, 1.807) is 6.07 Å². The first kappa shape index (κ1) is 11.2. The molecule has 2 aromatic rings. The van der Waals surface area contributed by atoms with E-state index in [1.807, 2.05) is 0 Å². The lowest BCUT2D eigenvalue weighted by Gasteiger charge is -2.01. The molecular formula is C9H9NO4S2. The van der Waals surface area contributed by atoms with Crippen molar-refractivity contribution in [3.63, 3.8) is 0 Å². The average Bonchev–Trinajstić information content (AvgIpc) is 2.58. The molecule has 0 radical (unpaired) electrons. The molecule has 1 aromatic heterocycles. The van der Waals surface area contributed by atoms with E-state index in [2.05, 4.69) is 0 Å². The highest BCUT2D eigenvalue weighted by atomic mass is 32.2. The van der Waals surface area contributed by atoms with Crippen LogP contribution >= 0.6 is 11.3 Å². The lowest BCUT2D eigenvalue weighted by molar-refractivity contribution is 0.374. The van der Waals surface area contributed by atoms with Crippen molar-refractivity contribution in [3.05, 3.63) is 18.2 Å². The zero-order valence-electron chi connectivity index (χ0n) is 8.30. The predicted octanol–water partition coefficient (Wildman–Crippen LogP) is 1.26. The van der Waals surface area contributed by atoms with Gasteiger partial charge in [0.15, 0.2) is 11.5 Å². The number of nitrogens with two attached hydrogens (primary N) is 1. The highest BCUT2D eigenvalue weighted by Crippen LogP contribution is 2.36. The number of sulfonamides is 1. The average molecular weight is 259 g/mol. The summed E-state index contributed by atoms with van der Waals surface area (Å²) in [6.45, 7) is 0. The molecule has 86 valence electrons. The molecule has 0 fully saturated rings. The minimum absolute atomic E-state index is 0.0298. The lowest BCUT2D eigenvalue weighted by atomic mass is 10.2. The molecule has 5 nitrogen and oxygen atoms in total. The van der Waals surface area contributed by atoms with Gasteiger partial charge in [-0.1, -0.05) is 0 Å². The number of benzene rings is 1. The fourth-order valence-corrected chi connectivity index (χ4v) is 3.17. The molecule has 7 heteroatoms. The Labute approximate surface area is 96.1 Å². The number of rotatable bonds is 2. The topological polar surface area (TPSA) is 89.6 Å². The summed E-state index contributed by atoms with van der Waals surface area (Å²) >= 11 is 1.01. The van der Waals surface area contributed by atoms with Gasteiger partial charge in [0.05, 0.1) is 7.11 Å². The maximum absolute atomic E-state index is 11.1. The minimum atomic E-state index is -3.70. The second-order valence-electron chi connectivity index (χ2n) is 3.17. The van der Waals surface area contributed by atoms with Crippen molar-refractivity contribution in [2.75, 3.05) is 7.11 Å². The molecular weight excluding hydrogens is 250 g/mol. The highest BCUT2D eigenvalue weighted by molar-refractivity contribution is 7.91. The van der Waals surface area contributed by atoms with Crippen LogP contribution in [0.5, 0.6) is 11.5 Å². The number of hydrogen-bond donors (Lipinski definition) is 2. The fraction of sp³-hybridized carbons (Fsp3) is 0.111. The second-order valence-corrected chi connectivity index (χ2v) is 6.04. The van der Waals surface area contributed by atoms with Crippen molar-refractivity contribution < 1.29 is 18.3 Å². The molecule has 0 bridgehead atoms. The standard InChI is InChI=1S/C9H9NO4S2/c1-14-7-2-5-3-9(16(10,12)13)15-8(5)4-6(7)11/h2-4,11H,1H3,(H2,10,12,13). The van der Waals surface area contributed by atoms with Crippen LogP contribution < -0.4 is 9.88 Å². The molecule has 0 atom stereocenters. The Morgan fingerprint density at radius 1 is 1.38 bits per heavy atom. The molecule has 0 amide bonds. The third-order valence-corrected chi connectivity index (χ3v) is 4.59. The summed E-state index contributed by atoms with van der Waals surface area (Å²) < 4.78 is 27.9. The number of primary sulfonamides is 1. The maximum Gasteiger partial charge on any atom is 0.247 e. The van der Waals surface area contributed by atoms with Gasteiger partial charge in [0.2, 0.25) is 10.0 Å². The Morgan fingerprint density at radius 2 is 2.06 bits per heavy atom. The Kier molecular flexibility index (Phi) is 2.53. The van der Waals surface area contributed by atoms with E-state index < -0.39 is 10.0 Å². The van der Waals surface area contributed by atoms with Crippen molar-refractivity contribution in [1.29, 1.82) is 0 Å². The van der Waals surface area contributed by atoms with Gasteiger partial charge >= 0.3 is 0 Å². The molecule has 16 heavy (non-hydrogen) atoms. The molecule has 0 unspecified atom stereocenters. The summed E-state index contributed by atoms with van der Waals surface area (Å²) in [6, 6.07) is 4.47. The monoisotopic (exact) mass is 259 g/mol. The number of thiophene rings is 1. The summed E-state index contributed by atoms with van der Waals surface area (Å²) in [6.07, 6.45) is 0. The minimum Gasteiger partial charge on any atom is -0.504 e. The molecule has 0 aliphatic heterocycles. The van der Waals surface area contributed by atoms with Crippen molar-refractivity contribution in [2.45, 2.75) is 4.21 Å². The van der Waals surface area contributed by atoms with Crippen LogP contribution in [0.25, 0.3) is 10.1 Å². The Balaban J connectivity index is 2.72. The van der Waals surface area contributed by atoms with Gasteiger partial charge in [0, 0.05) is 10.8 Å². The third-order valence-electron chi connectivity index (χ3n) is 2.08. The molecule has 0 saturated heterocycles. The van der Waals surface area contributed by atoms with Crippen molar-refractivity contribution >= 4 is 31.4 Å². The van der Waals surface area contributed by atoms with Crippen LogP contribution in [0.1, 0.15) is 0 Å². The highest BCUT2D eigenvalue weighted by Gasteiger charge is 2.14. The second kappa shape index (κ2) is 3.62. The fourth-order valence-electron chi connectivity index (χ4n) is 1.33. The van der Waals surface area contributed by atoms with Crippen LogP contribution in [-0.4, -0.2) is 20.6 Å². The quantitative estimate of drug-likeness (QED) is 0.849. The van der Waals surface area contributed by atoms with Gasteiger partial charge in [-0.15, -0.1) is 11.3 Å². The molecule has 2 rings (SSSR count). The molecule has 1 aromatic carbocycles. The normalized spacial score (nSPS) is 11.9. The van der Waals surface area contributed by atoms with Gasteiger partial charge in [-0.3, -0.25) is 0 Å². The summed E-state index contributed by atoms with van der Waals surface area (Å²) in [7, 11) is -2.28. The molecule has 0 spiro atoms. The van der Waals surface area contributed by atoms with Crippen LogP contribution in [0.2, 0.25) is 0 Å². The zero-order chi connectivity index (χ0) is 11.9. The van der Waals surface area contributed by atoms with Crippen LogP contribution in [0.3, 0.4) is 0 Å². The molecule has 1 heterocycles. The number of methoxy groups -OCH3 is 1. The van der Waals surface area contributed by atoms with Crippen molar-refractivity contribution in [3.8, 4) is 11.5 Å². The van der Waals surface area contributed by atoms with Gasteiger partial charge in [-0.2, -0.15) is 0 Å². The Bertz CT molecular complexity index is 645. The van der Waals surface area contributed by atoms with E-state index in [1.165, 1.54) is 19.2 Å². The summed E-state index contributed by atoms with van der Waals surface area (Å²) in [5, 5.41) is 15.2. The van der Waals surface area contributed by atoms with Gasteiger partial charge in [0.25, 0.3) is 0 Å².